The molecule has 5 nitrogen and oxygen atoms in total. The first-order valence-corrected chi connectivity index (χ1v) is 13.4. The zero-order valence-corrected chi connectivity index (χ0v) is 21.8. The van der Waals surface area contributed by atoms with Crippen molar-refractivity contribution in [2.45, 2.75) is 91.1 Å². The summed E-state index contributed by atoms with van der Waals surface area (Å²) < 4.78 is 8.49. The van der Waals surface area contributed by atoms with Crippen LogP contribution in [0.1, 0.15) is 94.6 Å². The predicted molar refractivity (Wildman–Crippen MR) is 143 cm³/mol. The molecule has 0 aliphatic heterocycles. The molecular weight excluding hydrogens is 434 g/mol. The molecule has 1 heterocycles. The highest BCUT2D eigenvalue weighted by atomic mass is 16.5. The lowest BCUT2D eigenvalue weighted by atomic mass is 9.88. The Morgan fingerprint density at radius 3 is 2.63 bits per heavy atom. The van der Waals surface area contributed by atoms with Gasteiger partial charge in [-0.15, -0.1) is 0 Å². The third-order valence-corrected chi connectivity index (χ3v) is 7.23. The monoisotopic (exact) mass is 475 g/mol. The van der Waals surface area contributed by atoms with E-state index in [2.05, 4.69) is 74.0 Å². The number of unbranched alkanes of at least 4 members (excludes halogenated alkanes) is 1. The van der Waals surface area contributed by atoms with Crippen LogP contribution in [0.5, 0.6) is 5.75 Å². The number of aromatic nitrogens is 2. The van der Waals surface area contributed by atoms with Crippen LogP contribution in [-0.2, 0) is 11.3 Å². The molecular formula is C30H41N3O2. The number of carbonyl (C=O) groups excluding carboxylic acids is 1. The fourth-order valence-corrected chi connectivity index (χ4v) is 5.22. The molecule has 1 aliphatic carbocycles. The molecule has 35 heavy (non-hydrogen) atoms. The minimum Gasteiger partial charge on any atom is -0.493 e. The van der Waals surface area contributed by atoms with Crippen molar-refractivity contribution < 1.29 is 9.53 Å². The second-order valence-electron chi connectivity index (χ2n) is 10.4. The predicted octanol–water partition coefficient (Wildman–Crippen LogP) is 7.08. The number of rotatable bonds is 10. The minimum absolute atomic E-state index is 0.117. The number of nitrogens with one attached hydrogen (secondary N) is 1. The molecule has 0 spiro atoms. The van der Waals surface area contributed by atoms with Crippen molar-refractivity contribution in [1.82, 2.24) is 14.9 Å². The van der Waals surface area contributed by atoms with Crippen LogP contribution in [0.2, 0.25) is 0 Å². The van der Waals surface area contributed by atoms with Crippen LogP contribution in [0.3, 0.4) is 0 Å². The van der Waals surface area contributed by atoms with E-state index in [0.717, 1.165) is 67.7 Å². The summed E-state index contributed by atoms with van der Waals surface area (Å²) in [7, 11) is 0. The first-order valence-electron chi connectivity index (χ1n) is 13.4. The number of amides is 1. The lowest BCUT2D eigenvalue weighted by molar-refractivity contribution is -0.126. The number of benzene rings is 2. The topological polar surface area (TPSA) is 56.1 Å². The molecule has 1 aliphatic rings. The van der Waals surface area contributed by atoms with E-state index in [1.165, 1.54) is 17.5 Å². The van der Waals surface area contributed by atoms with Gasteiger partial charge in [0.1, 0.15) is 11.6 Å². The van der Waals surface area contributed by atoms with Gasteiger partial charge in [0.15, 0.2) is 0 Å². The fourth-order valence-electron chi connectivity index (χ4n) is 5.22. The number of carbonyl (C=O) groups is 1. The third kappa shape index (κ3) is 6.25. The molecule has 5 heteroatoms. The summed E-state index contributed by atoms with van der Waals surface area (Å²) in [4.78, 5) is 17.8. The van der Waals surface area contributed by atoms with E-state index in [9.17, 15) is 4.79 Å². The molecule has 1 saturated carbocycles. The molecule has 2 aromatic carbocycles. The highest BCUT2D eigenvalue weighted by Gasteiger charge is 2.24. The highest BCUT2D eigenvalue weighted by molar-refractivity contribution is 5.80. The maximum Gasteiger partial charge on any atom is 0.223 e. The Morgan fingerprint density at radius 2 is 1.86 bits per heavy atom. The maximum absolute atomic E-state index is 12.9. The normalized spacial score (nSPS) is 15.5. The molecule has 1 atom stereocenters. The number of hydrogen-bond donors (Lipinski definition) is 1. The van der Waals surface area contributed by atoms with E-state index in [1.807, 2.05) is 6.07 Å². The summed E-state index contributed by atoms with van der Waals surface area (Å²) in [5.41, 5.74) is 4.60. The van der Waals surface area contributed by atoms with Crippen molar-refractivity contribution in [2.75, 3.05) is 6.61 Å². The molecule has 4 rings (SSSR count). The average molecular weight is 476 g/mol. The van der Waals surface area contributed by atoms with E-state index < -0.39 is 0 Å². The lowest BCUT2D eigenvalue weighted by Crippen LogP contribution is -2.35. The zero-order chi connectivity index (χ0) is 24.8. The van der Waals surface area contributed by atoms with Crippen LogP contribution in [0.4, 0.5) is 0 Å². The van der Waals surface area contributed by atoms with E-state index in [1.54, 1.807) is 0 Å². The van der Waals surface area contributed by atoms with Gasteiger partial charge in [0.05, 0.1) is 23.7 Å². The molecule has 1 unspecified atom stereocenters. The smallest absolute Gasteiger partial charge is 0.223 e. The summed E-state index contributed by atoms with van der Waals surface area (Å²) in [6.07, 6.45) is 7.53. The van der Waals surface area contributed by atoms with Crippen LogP contribution >= 0.6 is 0 Å². The molecule has 0 bridgehead atoms. The Bertz CT molecular complexity index is 1130. The molecule has 0 saturated heterocycles. The summed E-state index contributed by atoms with van der Waals surface area (Å²) in [5, 5.41) is 3.27. The zero-order valence-electron chi connectivity index (χ0n) is 21.8. The van der Waals surface area contributed by atoms with Gasteiger partial charge in [-0.2, -0.15) is 0 Å². The van der Waals surface area contributed by atoms with Crippen molar-refractivity contribution in [3.63, 3.8) is 0 Å². The van der Waals surface area contributed by atoms with E-state index in [-0.39, 0.29) is 17.9 Å². The number of fused-ring (bicyclic) bond motifs is 1. The Labute approximate surface area is 210 Å². The number of hydrogen-bond acceptors (Lipinski definition) is 3. The number of ether oxygens (including phenoxy) is 1. The number of aryl methyl sites for hydroxylation is 2. The van der Waals surface area contributed by atoms with Gasteiger partial charge in [0, 0.05) is 12.5 Å². The van der Waals surface area contributed by atoms with Crippen LogP contribution in [-0.4, -0.2) is 22.1 Å². The maximum atomic E-state index is 12.9. The molecule has 1 amide bonds. The quantitative estimate of drug-likeness (QED) is 0.319. The Hall–Kier alpha value is -2.82. The Kier molecular flexibility index (Phi) is 8.48. The van der Waals surface area contributed by atoms with E-state index in [4.69, 9.17) is 9.72 Å². The van der Waals surface area contributed by atoms with Gasteiger partial charge in [-0.1, -0.05) is 57.4 Å². The standard InChI is InChI=1S/C30H41N3O2/c1-21(2)25-17-16-22(3)20-28(25)35-19-11-10-18-33-27-15-9-8-14-26(27)32-29(33)23(4)31-30(34)24-12-6-5-7-13-24/h8-9,14-17,20-21,23-24H,5-7,10-13,18-19H2,1-4H3,(H,31,34). The largest absolute Gasteiger partial charge is 0.493 e. The van der Waals surface area contributed by atoms with Crippen molar-refractivity contribution >= 4 is 16.9 Å². The summed E-state index contributed by atoms with van der Waals surface area (Å²) in [6.45, 7) is 10.1. The molecule has 0 radical (unpaired) electrons. The van der Waals surface area contributed by atoms with Crippen molar-refractivity contribution in [3.8, 4) is 5.75 Å². The molecule has 188 valence electrons. The van der Waals surface area contributed by atoms with E-state index >= 15 is 0 Å². The Balaban J connectivity index is 1.39. The molecule has 1 N–H and O–H groups in total. The van der Waals surface area contributed by atoms with Crippen LogP contribution in [0.25, 0.3) is 11.0 Å². The SMILES string of the molecule is Cc1ccc(C(C)C)c(OCCCCn2c(C(C)NC(=O)C3CCCCC3)nc3ccccc32)c1. The first kappa shape index (κ1) is 25.3. The van der Waals surface area contributed by atoms with Crippen LogP contribution < -0.4 is 10.1 Å². The van der Waals surface area contributed by atoms with Crippen molar-refractivity contribution in [2.24, 2.45) is 5.92 Å². The van der Waals surface area contributed by atoms with Gasteiger partial charge in [-0.3, -0.25) is 4.79 Å². The lowest BCUT2D eigenvalue weighted by Gasteiger charge is -2.23. The van der Waals surface area contributed by atoms with Crippen LogP contribution in [0, 0.1) is 12.8 Å². The average Bonchev–Trinajstić information content (AvgIpc) is 3.23. The van der Waals surface area contributed by atoms with E-state index in [0.29, 0.717) is 12.5 Å². The highest BCUT2D eigenvalue weighted by Crippen LogP contribution is 2.28. The number of para-hydroxylation sites is 2. The van der Waals surface area contributed by atoms with Gasteiger partial charge < -0.3 is 14.6 Å². The molecule has 3 aromatic rings. The Morgan fingerprint density at radius 1 is 1.09 bits per heavy atom. The second-order valence-corrected chi connectivity index (χ2v) is 10.4. The van der Waals surface area contributed by atoms with Gasteiger partial charge in [-0.05, 0) is 74.8 Å². The summed E-state index contributed by atoms with van der Waals surface area (Å²) in [5.74, 6) is 2.72. The fraction of sp³-hybridized carbons (Fsp3) is 0.533. The van der Waals surface area contributed by atoms with Crippen molar-refractivity contribution in [1.29, 1.82) is 0 Å². The second kappa shape index (κ2) is 11.7. The molecule has 1 aromatic heterocycles. The van der Waals surface area contributed by atoms with Crippen LogP contribution in [0.15, 0.2) is 42.5 Å². The number of nitrogens with zero attached hydrogens (tertiary/aromatic N) is 2. The number of imidazole rings is 1. The first-order chi connectivity index (χ1) is 16.9. The van der Waals surface area contributed by atoms with Gasteiger partial charge in [0.25, 0.3) is 0 Å². The third-order valence-electron chi connectivity index (χ3n) is 7.23. The summed E-state index contributed by atoms with van der Waals surface area (Å²) >= 11 is 0. The summed E-state index contributed by atoms with van der Waals surface area (Å²) in [6, 6.07) is 14.6. The van der Waals surface area contributed by atoms with Crippen molar-refractivity contribution in [3.05, 3.63) is 59.4 Å². The van der Waals surface area contributed by atoms with Gasteiger partial charge in [0.2, 0.25) is 5.91 Å². The minimum atomic E-state index is -0.117. The van der Waals surface area contributed by atoms with Gasteiger partial charge in [-0.25, -0.2) is 4.98 Å². The van der Waals surface area contributed by atoms with Gasteiger partial charge >= 0.3 is 0 Å². The molecule has 1 fully saturated rings.